The fourth-order valence-electron chi connectivity index (χ4n) is 3.67. The van der Waals surface area contributed by atoms with Gasteiger partial charge in [0.15, 0.2) is 0 Å². The van der Waals surface area contributed by atoms with Crippen LogP contribution >= 0.6 is 0 Å². The predicted molar refractivity (Wildman–Crippen MR) is 109 cm³/mol. The summed E-state index contributed by atoms with van der Waals surface area (Å²) in [5, 5.41) is 8.94. The van der Waals surface area contributed by atoms with Crippen LogP contribution in [-0.2, 0) is 16.0 Å². The zero-order chi connectivity index (χ0) is 20.1. The normalized spacial score (nSPS) is 14.6. The number of hydrogen-bond acceptors (Lipinski definition) is 3. The summed E-state index contributed by atoms with van der Waals surface area (Å²) in [6.45, 7) is 5.36. The Balaban J connectivity index is 1.67. The summed E-state index contributed by atoms with van der Waals surface area (Å²) in [7, 11) is 0. The number of amides is 2. The minimum absolute atomic E-state index is 0.0596. The Morgan fingerprint density at radius 1 is 1.18 bits per heavy atom. The third kappa shape index (κ3) is 4.23. The first kappa shape index (κ1) is 19.6. The van der Waals surface area contributed by atoms with Crippen molar-refractivity contribution >= 4 is 17.5 Å². The van der Waals surface area contributed by atoms with Gasteiger partial charge in [0, 0.05) is 25.2 Å². The topological polar surface area (TPSA) is 64.4 Å². The largest absolute Gasteiger partial charge is 0.336 e. The second kappa shape index (κ2) is 8.71. The van der Waals surface area contributed by atoms with E-state index in [1.165, 1.54) is 0 Å². The lowest BCUT2D eigenvalue weighted by Gasteiger charge is -2.28. The van der Waals surface area contributed by atoms with Gasteiger partial charge in [-0.05, 0) is 55.7 Å². The fourth-order valence-corrected chi connectivity index (χ4v) is 3.67. The quantitative estimate of drug-likeness (QED) is 0.771. The molecule has 28 heavy (non-hydrogen) atoms. The highest BCUT2D eigenvalue weighted by atomic mass is 16.2. The number of anilines is 1. The summed E-state index contributed by atoms with van der Waals surface area (Å²) >= 11 is 0. The Kier molecular flexibility index (Phi) is 6.10. The van der Waals surface area contributed by atoms with E-state index in [1.807, 2.05) is 55.1 Å². The van der Waals surface area contributed by atoms with E-state index < -0.39 is 0 Å². The minimum Gasteiger partial charge on any atom is -0.336 e. The number of nitrogens with zero attached hydrogens (tertiary/aromatic N) is 3. The highest BCUT2D eigenvalue weighted by Crippen LogP contribution is 2.24. The van der Waals surface area contributed by atoms with Crippen LogP contribution < -0.4 is 4.90 Å². The molecule has 1 heterocycles. The molecule has 2 aromatic rings. The lowest BCUT2D eigenvalue weighted by molar-refractivity contribution is -0.132. The predicted octanol–water partition coefficient (Wildman–Crippen LogP) is 3.84. The molecular weight excluding hydrogens is 350 g/mol. The van der Waals surface area contributed by atoms with Crippen LogP contribution in [0.1, 0.15) is 49.4 Å². The zero-order valence-electron chi connectivity index (χ0n) is 16.4. The maximum atomic E-state index is 12.9. The average molecular weight is 375 g/mol. The van der Waals surface area contributed by atoms with E-state index in [0.717, 1.165) is 29.8 Å². The molecule has 5 heteroatoms. The molecule has 2 amide bonds. The Morgan fingerprint density at radius 3 is 2.39 bits per heavy atom. The molecule has 0 aromatic heterocycles. The van der Waals surface area contributed by atoms with Gasteiger partial charge in [-0.15, -0.1) is 0 Å². The lowest BCUT2D eigenvalue weighted by atomic mass is 10.0. The lowest BCUT2D eigenvalue weighted by Crippen LogP contribution is -2.34. The average Bonchev–Trinajstić information content (AvgIpc) is 3.15. The first-order valence-corrected chi connectivity index (χ1v) is 9.72. The molecule has 144 valence electrons. The van der Waals surface area contributed by atoms with Crippen molar-refractivity contribution in [1.82, 2.24) is 4.90 Å². The van der Waals surface area contributed by atoms with Crippen LogP contribution in [0.5, 0.6) is 0 Å². The standard InChI is InChI=1S/C23H25N3O2/c1-3-25(17(2)20-10-6-19(16-24)7-11-20)23(28)15-18-8-12-21(13-9-18)26-14-4-5-22(26)27/h6-13,17H,3-5,14-15H2,1-2H3. The van der Waals surface area contributed by atoms with Gasteiger partial charge in [-0.3, -0.25) is 9.59 Å². The van der Waals surface area contributed by atoms with Gasteiger partial charge in [0.2, 0.25) is 11.8 Å². The third-order valence-electron chi connectivity index (χ3n) is 5.33. The fraction of sp³-hybridized carbons (Fsp3) is 0.348. The molecule has 0 saturated carbocycles. The number of rotatable bonds is 6. The summed E-state index contributed by atoms with van der Waals surface area (Å²) in [6.07, 6.45) is 1.83. The molecule has 0 bridgehead atoms. The van der Waals surface area contributed by atoms with E-state index in [2.05, 4.69) is 6.07 Å². The molecular formula is C23H25N3O2. The molecule has 2 aromatic carbocycles. The molecule has 0 N–H and O–H groups in total. The second-order valence-corrected chi connectivity index (χ2v) is 7.08. The zero-order valence-corrected chi connectivity index (χ0v) is 16.4. The van der Waals surface area contributed by atoms with E-state index in [9.17, 15) is 9.59 Å². The van der Waals surface area contributed by atoms with Gasteiger partial charge in [-0.25, -0.2) is 0 Å². The first-order valence-electron chi connectivity index (χ1n) is 9.72. The first-order chi connectivity index (χ1) is 13.5. The number of benzene rings is 2. The van der Waals surface area contributed by atoms with Crippen LogP contribution in [0.25, 0.3) is 0 Å². The Labute approximate surface area is 166 Å². The molecule has 1 saturated heterocycles. The summed E-state index contributed by atoms with van der Waals surface area (Å²) in [4.78, 5) is 28.4. The van der Waals surface area contributed by atoms with E-state index in [4.69, 9.17) is 5.26 Å². The van der Waals surface area contributed by atoms with E-state index >= 15 is 0 Å². The molecule has 1 unspecified atom stereocenters. The van der Waals surface area contributed by atoms with Crippen LogP contribution in [-0.4, -0.2) is 29.8 Å². The van der Waals surface area contributed by atoms with E-state index in [-0.39, 0.29) is 17.9 Å². The van der Waals surface area contributed by atoms with Crippen molar-refractivity contribution in [3.8, 4) is 6.07 Å². The summed E-state index contributed by atoms with van der Waals surface area (Å²) in [6, 6.07) is 17.1. The molecule has 0 spiro atoms. The Morgan fingerprint density at radius 2 is 1.86 bits per heavy atom. The molecule has 5 nitrogen and oxygen atoms in total. The molecule has 1 fully saturated rings. The summed E-state index contributed by atoms with van der Waals surface area (Å²) in [5.74, 6) is 0.224. The smallest absolute Gasteiger partial charge is 0.227 e. The molecule has 1 aliphatic rings. The van der Waals surface area contributed by atoms with Crippen molar-refractivity contribution in [2.24, 2.45) is 0 Å². The van der Waals surface area contributed by atoms with Crippen molar-refractivity contribution in [2.75, 3.05) is 18.0 Å². The van der Waals surface area contributed by atoms with Crippen LogP contribution in [0.15, 0.2) is 48.5 Å². The number of carbonyl (C=O) groups excluding carboxylic acids is 2. The SMILES string of the molecule is CCN(C(=O)Cc1ccc(N2CCCC2=O)cc1)C(C)c1ccc(C#N)cc1. The van der Waals surface area contributed by atoms with Crippen molar-refractivity contribution in [2.45, 2.75) is 39.2 Å². The van der Waals surface area contributed by atoms with Gasteiger partial charge < -0.3 is 9.80 Å². The van der Waals surface area contributed by atoms with Crippen LogP contribution in [0.4, 0.5) is 5.69 Å². The summed E-state index contributed by atoms with van der Waals surface area (Å²) < 4.78 is 0. The van der Waals surface area contributed by atoms with E-state index in [0.29, 0.717) is 24.9 Å². The number of hydrogen-bond donors (Lipinski definition) is 0. The molecule has 1 atom stereocenters. The van der Waals surface area contributed by atoms with Gasteiger partial charge in [-0.1, -0.05) is 24.3 Å². The molecule has 1 aliphatic heterocycles. The Hall–Kier alpha value is -3.13. The van der Waals surface area contributed by atoms with E-state index in [1.54, 1.807) is 17.0 Å². The van der Waals surface area contributed by atoms with Crippen LogP contribution in [0, 0.1) is 11.3 Å². The summed E-state index contributed by atoms with van der Waals surface area (Å²) in [5.41, 5.74) is 3.46. The monoisotopic (exact) mass is 375 g/mol. The number of likely N-dealkylation sites (N-methyl/N-ethyl adjacent to an activating group) is 1. The minimum atomic E-state index is -0.0632. The van der Waals surface area contributed by atoms with Crippen LogP contribution in [0.3, 0.4) is 0 Å². The number of nitriles is 1. The van der Waals surface area contributed by atoms with Crippen molar-refractivity contribution < 1.29 is 9.59 Å². The van der Waals surface area contributed by atoms with Gasteiger partial charge in [-0.2, -0.15) is 5.26 Å². The third-order valence-corrected chi connectivity index (χ3v) is 5.33. The second-order valence-electron chi connectivity index (χ2n) is 7.08. The molecule has 0 aliphatic carbocycles. The van der Waals surface area contributed by atoms with Crippen molar-refractivity contribution in [3.63, 3.8) is 0 Å². The number of carbonyl (C=O) groups is 2. The van der Waals surface area contributed by atoms with Crippen molar-refractivity contribution in [1.29, 1.82) is 5.26 Å². The van der Waals surface area contributed by atoms with Gasteiger partial charge in [0.25, 0.3) is 0 Å². The maximum Gasteiger partial charge on any atom is 0.227 e. The van der Waals surface area contributed by atoms with Crippen LogP contribution in [0.2, 0.25) is 0 Å². The molecule has 3 rings (SSSR count). The van der Waals surface area contributed by atoms with Gasteiger partial charge in [0.1, 0.15) is 0 Å². The van der Waals surface area contributed by atoms with Gasteiger partial charge >= 0.3 is 0 Å². The highest BCUT2D eigenvalue weighted by Gasteiger charge is 2.22. The highest BCUT2D eigenvalue weighted by molar-refractivity contribution is 5.95. The maximum absolute atomic E-state index is 12.9. The van der Waals surface area contributed by atoms with Gasteiger partial charge in [0.05, 0.1) is 24.1 Å². The van der Waals surface area contributed by atoms with Crippen molar-refractivity contribution in [3.05, 3.63) is 65.2 Å². The molecule has 0 radical (unpaired) electrons. The Bertz CT molecular complexity index is 882.